The van der Waals surface area contributed by atoms with Crippen LogP contribution in [0.4, 0.5) is 0 Å². The van der Waals surface area contributed by atoms with Crippen LogP contribution in [-0.4, -0.2) is 101 Å². The molecule has 4 aliphatic rings. The van der Waals surface area contributed by atoms with Crippen LogP contribution >= 0.6 is 11.8 Å². The molecule has 0 spiro atoms. The lowest BCUT2D eigenvalue weighted by atomic mass is 9.73. The molecule has 3 fully saturated rings. The lowest BCUT2D eigenvalue weighted by molar-refractivity contribution is -0.160. The van der Waals surface area contributed by atoms with Gasteiger partial charge in [0.05, 0.1) is 24.5 Å². The summed E-state index contributed by atoms with van der Waals surface area (Å²) in [6.45, 7) is 5.54. The first kappa shape index (κ1) is 26.1. The van der Waals surface area contributed by atoms with E-state index < -0.39 is 5.97 Å². The van der Waals surface area contributed by atoms with Crippen LogP contribution in [0.1, 0.15) is 26.7 Å². The molecule has 12 heteroatoms. The normalized spacial score (nSPS) is 35.3. The van der Waals surface area contributed by atoms with E-state index >= 15 is 0 Å². The molecule has 3 saturated heterocycles. The zero-order valence-electron chi connectivity index (χ0n) is 20.4. The Morgan fingerprint density at radius 2 is 1.91 bits per heavy atom. The number of carbonyl (C=O) groups excluding carboxylic acids is 3. The molecule has 11 nitrogen and oxygen atoms in total. The van der Waals surface area contributed by atoms with Gasteiger partial charge in [-0.25, -0.2) is 4.79 Å². The molecule has 0 saturated carbocycles. The predicted molar refractivity (Wildman–Crippen MR) is 131 cm³/mol. The monoisotopic (exact) mass is 508 g/mol. The summed E-state index contributed by atoms with van der Waals surface area (Å²) in [5.74, 6) is -2.03. The van der Waals surface area contributed by atoms with Gasteiger partial charge in [-0.15, -0.1) is 11.8 Å². The molecule has 7 N–H and O–H groups in total. The van der Waals surface area contributed by atoms with E-state index in [2.05, 4.69) is 10.6 Å². The summed E-state index contributed by atoms with van der Waals surface area (Å²) in [5.41, 5.74) is 12.0. The third-order valence-electron chi connectivity index (χ3n) is 7.73. The molecule has 8 atom stereocenters. The van der Waals surface area contributed by atoms with Crippen molar-refractivity contribution >= 4 is 35.3 Å². The molecule has 4 aliphatic heterocycles. The van der Waals surface area contributed by atoms with Crippen LogP contribution in [0.25, 0.3) is 0 Å². The molecule has 1 unspecified atom stereocenters. The number of carboxylic acid groups (broad SMARTS) is 1. The highest BCUT2D eigenvalue weighted by molar-refractivity contribution is 8.03. The molecule has 2 amide bonds. The first-order valence-electron chi connectivity index (χ1n) is 12.2. The number of hydrogen-bond donors (Lipinski definition) is 5. The van der Waals surface area contributed by atoms with Gasteiger partial charge >= 0.3 is 5.97 Å². The smallest absolute Gasteiger partial charge is 0.353 e. The number of nitrogens with one attached hydrogen (secondary N) is 2. The number of rotatable bonds is 9. The second-order valence-electron chi connectivity index (χ2n) is 10.3. The van der Waals surface area contributed by atoms with Gasteiger partial charge in [-0.2, -0.15) is 0 Å². The van der Waals surface area contributed by atoms with Crippen molar-refractivity contribution in [2.75, 3.05) is 33.2 Å². The Kier molecular flexibility index (Phi) is 7.58. The zero-order chi connectivity index (χ0) is 25.6. The number of amides is 2. The minimum atomic E-state index is -1.12. The van der Waals surface area contributed by atoms with Gasteiger partial charge in [0.2, 0.25) is 11.8 Å². The summed E-state index contributed by atoms with van der Waals surface area (Å²) >= 11 is 1.45. The van der Waals surface area contributed by atoms with E-state index in [9.17, 15) is 24.3 Å². The molecular formula is C23H36N6O5S. The first-order chi connectivity index (χ1) is 16.5. The van der Waals surface area contributed by atoms with Crippen molar-refractivity contribution in [2.45, 2.75) is 56.1 Å². The number of hydrogen-bond acceptors (Lipinski definition) is 9. The lowest BCUT2D eigenvalue weighted by Crippen LogP contribution is -2.62. The van der Waals surface area contributed by atoms with Gasteiger partial charge in [0.25, 0.3) is 0 Å². The van der Waals surface area contributed by atoms with Crippen molar-refractivity contribution in [1.29, 1.82) is 0 Å². The van der Waals surface area contributed by atoms with E-state index in [4.69, 9.17) is 11.5 Å². The largest absolute Gasteiger partial charge is 0.477 e. The molecule has 0 aromatic carbocycles. The SMILES string of the molecule is CNCC(=O)C[C@H](C)[C@H]1C(=O)N2C(C(=O)O)=C(S[C@@H]3CN[C@H](C(=O)N4C[C@H](N)[C@@H](N)C4)C3)[C@H](C)C12. The van der Waals surface area contributed by atoms with Gasteiger partial charge in [0, 0.05) is 54.2 Å². The maximum atomic E-state index is 13.0. The maximum Gasteiger partial charge on any atom is 0.353 e. The van der Waals surface area contributed by atoms with Crippen LogP contribution < -0.4 is 22.1 Å². The number of aliphatic carboxylic acids is 1. The van der Waals surface area contributed by atoms with E-state index in [1.165, 1.54) is 16.7 Å². The average Bonchev–Trinajstić information content (AvgIpc) is 3.45. The molecule has 0 bridgehead atoms. The summed E-state index contributed by atoms with van der Waals surface area (Å²) in [6.07, 6.45) is 0.837. The van der Waals surface area contributed by atoms with Gasteiger partial charge in [-0.3, -0.25) is 14.4 Å². The van der Waals surface area contributed by atoms with E-state index in [0.717, 1.165) is 0 Å². The molecule has 4 heterocycles. The van der Waals surface area contributed by atoms with Gasteiger partial charge in [-0.1, -0.05) is 13.8 Å². The fraction of sp³-hybridized carbons (Fsp3) is 0.739. The molecule has 0 radical (unpaired) electrons. The number of nitrogens with two attached hydrogens (primary N) is 2. The fourth-order valence-electron chi connectivity index (χ4n) is 5.94. The second kappa shape index (κ2) is 10.2. The Balaban J connectivity index is 1.43. The summed E-state index contributed by atoms with van der Waals surface area (Å²) in [5, 5.41) is 16.1. The minimum absolute atomic E-state index is 0.00239. The summed E-state index contributed by atoms with van der Waals surface area (Å²) < 4.78 is 0. The Morgan fingerprint density at radius 3 is 2.51 bits per heavy atom. The van der Waals surface area contributed by atoms with E-state index in [1.807, 2.05) is 13.8 Å². The van der Waals surface area contributed by atoms with E-state index in [-0.39, 0.29) is 83.4 Å². The lowest BCUT2D eigenvalue weighted by Gasteiger charge is -2.47. The number of nitrogens with zero attached hydrogens (tertiary/aromatic N) is 2. The molecule has 0 aromatic rings. The molecule has 0 aromatic heterocycles. The number of likely N-dealkylation sites (tertiary alicyclic amines) is 1. The van der Waals surface area contributed by atoms with Crippen molar-refractivity contribution in [2.24, 2.45) is 29.2 Å². The highest BCUT2D eigenvalue weighted by Crippen LogP contribution is 2.53. The Bertz CT molecular complexity index is 933. The number of carboxylic acids is 1. The van der Waals surface area contributed by atoms with Crippen molar-refractivity contribution in [3.05, 3.63) is 10.6 Å². The maximum absolute atomic E-state index is 13.0. The summed E-state index contributed by atoms with van der Waals surface area (Å²) in [4.78, 5) is 54.0. The number of carbonyl (C=O) groups is 4. The third kappa shape index (κ3) is 4.74. The quantitative estimate of drug-likeness (QED) is 0.232. The highest BCUT2D eigenvalue weighted by atomic mass is 32.2. The van der Waals surface area contributed by atoms with Crippen molar-refractivity contribution in [3.63, 3.8) is 0 Å². The van der Waals surface area contributed by atoms with Gasteiger partial charge in [0.15, 0.2) is 0 Å². The number of β-lactam (4-membered cyclic amide) rings is 1. The van der Waals surface area contributed by atoms with Crippen LogP contribution in [0.5, 0.6) is 0 Å². The third-order valence-corrected chi connectivity index (χ3v) is 9.25. The summed E-state index contributed by atoms with van der Waals surface area (Å²) in [6, 6.07) is -1.06. The number of Topliss-reactive ketones (excluding diaryl/α,β-unsaturated/α-hetero) is 1. The van der Waals surface area contributed by atoms with Crippen molar-refractivity contribution in [3.8, 4) is 0 Å². The average molecular weight is 509 g/mol. The molecule has 4 rings (SSSR count). The van der Waals surface area contributed by atoms with Gasteiger partial charge < -0.3 is 37.0 Å². The second-order valence-corrected chi connectivity index (χ2v) is 11.6. The Hall–Kier alpha value is -1.99. The van der Waals surface area contributed by atoms with Crippen LogP contribution in [0.3, 0.4) is 0 Å². The Morgan fingerprint density at radius 1 is 1.26 bits per heavy atom. The van der Waals surface area contributed by atoms with Crippen LogP contribution in [-0.2, 0) is 19.2 Å². The minimum Gasteiger partial charge on any atom is -0.477 e. The van der Waals surface area contributed by atoms with Crippen LogP contribution in [0.2, 0.25) is 0 Å². The van der Waals surface area contributed by atoms with E-state index in [1.54, 1.807) is 11.9 Å². The molecule has 0 aliphatic carbocycles. The van der Waals surface area contributed by atoms with Gasteiger partial charge in [0.1, 0.15) is 11.5 Å². The predicted octanol–water partition coefficient (Wildman–Crippen LogP) is -1.47. The number of fused-ring (bicyclic) bond motifs is 1. The first-order valence-corrected chi connectivity index (χ1v) is 13.1. The number of likely N-dealkylation sites (N-methyl/N-ethyl adjacent to an activating group) is 1. The standard InChI is InChI=1S/C23H36N6O5S/c1-10(4-12(30)6-26-3)17-18-11(2)20(19(23(33)34)29(18)22(17)32)35-13-5-16(27-7-13)21(31)28-8-14(24)15(25)9-28/h10-11,13-18,26-27H,4-9,24-25H2,1-3H3,(H,33,34)/t10-,11+,13-,14-,15-,16-,17+,18?/m0/s1. The number of thioether (sulfide) groups is 1. The van der Waals surface area contributed by atoms with Crippen molar-refractivity contribution in [1.82, 2.24) is 20.4 Å². The fourth-order valence-corrected chi connectivity index (χ4v) is 7.42. The van der Waals surface area contributed by atoms with Crippen molar-refractivity contribution < 1.29 is 24.3 Å². The number of ketones is 1. The van der Waals surface area contributed by atoms with E-state index in [0.29, 0.717) is 31.0 Å². The van der Waals surface area contributed by atoms with Crippen LogP contribution in [0.15, 0.2) is 10.6 Å². The topological polar surface area (TPSA) is 171 Å². The molecular weight excluding hydrogens is 472 g/mol. The molecule has 35 heavy (non-hydrogen) atoms. The summed E-state index contributed by atoms with van der Waals surface area (Å²) in [7, 11) is 1.70. The van der Waals surface area contributed by atoms with Crippen LogP contribution in [0, 0.1) is 17.8 Å². The van der Waals surface area contributed by atoms with Gasteiger partial charge in [-0.05, 0) is 19.4 Å². The molecule has 194 valence electrons. The zero-order valence-corrected chi connectivity index (χ0v) is 21.2. The Labute approximate surface area is 209 Å². The highest BCUT2D eigenvalue weighted by Gasteiger charge is 2.60.